The minimum absolute atomic E-state index is 0.0983. The van der Waals surface area contributed by atoms with Gasteiger partial charge < -0.3 is 9.80 Å². The van der Waals surface area contributed by atoms with Crippen LogP contribution < -0.4 is 10.5 Å². The standard InChI is InChI=1S/C18H17FN6O2/c19-13-3-1-4-14-16(13)17(27)25(12-22-14)11-15(26)23-7-9-24(10-8-23)18-20-5-2-6-21-18/h1-6,12H,7-11H2. The Labute approximate surface area is 153 Å². The summed E-state index contributed by atoms with van der Waals surface area (Å²) < 4.78 is 15.1. The normalized spacial score (nSPS) is 14.6. The summed E-state index contributed by atoms with van der Waals surface area (Å²) in [4.78, 5) is 41.3. The second-order valence-corrected chi connectivity index (χ2v) is 6.23. The highest BCUT2D eigenvalue weighted by molar-refractivity contribution is 5.79. The highest BCUT2D eigenvalue weighted by Gasteiger charge is 2.23. The molecule has 3 heterocycles. The molecule has 8 nitrogen and oxygen atoms in total. The van der Waals surface area contributed by atoms with Gasteiger partial charge in [0.05, 0.1) is 11.8 Å². The molecule has 0 N–H and O–H groups in total. The Kier molecular flexibility index (Phi) is 4.49. The van der Waals surface area contributed by atoms with Crippen molar-refractivity contribution in [2.24, 2.45) is 0 Å². The van der Waals surface area contributed by atoms with E-state index in [1.54, 1.807) is 29.4 Å². The van der Waals surface area contributed by atoms with Crippen molar-refractivity contribution >= 4 is 22.8 Å². The van der Waals surface area contributed by atoms with Crippen LogP contribution in [0.3, 0.4) is 0 Å². The van der Waals surface area contributed by atoms with Crippen molar-refractivity contribution in [3.63, 3.8) is 0 Å². The fourth-order valence-electron chi connectivity index (χ4n) is 3.13. The molecule has 27 heavy (non-hydrogen) atoms. The SMILES string of the molecule is O=C(Cn1cnc2cccc(F)c2c1=O)N1CCN(c2ncccn2)CC1. The fourth-order valence-corrected chi connectivity index (χ4v) is 3.13. The first kappa shape index (κ1) is 17.1. The fraction of sp³-hybridized carbons (Fsp3) is 0.278. The van der Waals surface area contributed by atoms with Crippen LogP contribution in [-0.2, 0) is 11.3 Å². The molecule has 3 aromatic rings. The number of carbonyl (C=O) groups excluding carboxylic acids is 1. The third-order valence-corrected chi connectivity index (χ3v) is 4.58. The van der Waals surface area contributed by atoms with Crippen molar-refractivity contribution in [2.45, 2.75) is 6.54 Å². The predicted octanol–water partition coefficient (Wildman–Crippen LogP) is 0.674. The summed E-state index contributed by atoms with van der Waals surface area (Å²) in [5.41, 5.74) is -0.275. The van der Waals surface area contributed by atoms with E-state index < -0.39 is 11.4 Å². The van der Waals surface area contributed by atoms with Gasteiger partial charge in [-0.3, -0.25) is 14.2 Å². The number of anilines is 1. The highest BCUT2D eigenvalue weighted by Crippen LogP contribution is 2.12. The molecule has 4 rings (SSSR count). The summed E-state index contributed by atoms with van der Waals surface area (Å²) in [6, 6.07) is 6.02. The number of halogens is 1. The van der Waals surface area contributed by atoms with Gasteiger partial charge in [-0.25, -0.2) is 19.3 Å². The molecule has 0 unspecified atom stereocenters. The van der Waals surface area contributed by atoms with E-state index in [1.807, 2.05) is 4.90 Å². The van der Waals surface area contributed by atoms with Gasteiger partial charge in [0.2, 0.25) is 11.9 Å². The van der Waals surface area contributed by atoms with Crippen LogP contribution in [0.5, 0.6) is 0 Å². The minimum Gasteiger partial charge on any atom is -0.338 e. The maximum absolute atomic E-state index is 14.0. The van der Waals surface area contributed by atoms with E-state index in [1.165, 1.54) is 18.5 Å². The molecule has 1 amide bonds. The molecule has 0 aliphatic carbocycles. The Balaban J connectivity index is 1.46. The van der Waals surface area contributed by atoms with Gasteiger partial charge >= 0.3 is 0 Å². The first-order valence-corrected chi connectivity index (χ1v) is 8.57. The third-order valence-electron chi connectivity index (χ3n) is 4.58. The molecule has 0 saturated carbocycles. The number of fused-ring (bicyclic) bond motifs is 1. The molecule has 9 heteroatoms. The van der Waals surface area contributed by atoms with Gasteiger partial charge in [-0.05, 0) is 18.2 Å². The van der Waals surface area contributed by atoms with Gasteiger partial charge in [0.15, 0.2) is 0 Å². The van der Waals surface area contributed by atoms with Crippen molar-refractivity contribution in [3.8, 4) is 0 Å². The smallest absolute Gasteiger partial charge is 0.264 e. The number of amides is 1. The van der Waals surface area contributed by atoms with E-state index in [0.717, 1.165) is 4.57 Å². The van der Waals surface area contributed by atoms with E-state index in [2.05, 4.69) is 15.0 Å². The molecular formula is C18H17FN6O2. The van der Waals surface area contributed by atoms with E-state index in [-0.39, 0.29) is 23.4 Å². The van der Waals surface area contributed by atoms with Gasteiger partial charge in [0, 0.05) is 38.6 Å². The molecule has 1 aromatic carbocycles. The van der Waals surface area contributed by atoms with Crippen LogP contribution in [0.25, 0.3) is 10.9 Å². The number of aromatic nitrogens is 4. The molecule has 1 saturated heterocycles. The first-order valence-electron chi connectivity index (χ1n) is 8.57. The first-order chi connectivity index (χ1) is 13.1. The molecule has 0 bridgehead atoms. The second-order valence-electron chi connectivity index (χ2n) is 6.23. The number of rotatable bonds is 3. The van der Waals surface area contributed by atoms with E-state index in [9.17, 15) is 14.0 Å². The number of hydrogen-bond acceptors (Lipinski definition) is 6. The Morgan fingerprint density at radius 1 is 1.04 bits per heavy atom. The lowest BCUT2D eigenvalue weighted by atomic mass is 10.2. The quantitative estimate of drug-likeness (QED) is 0.676. The maximum atomic E-state index is 14.0. The van der Waals surface area contributed by atoms with Gasteiger partial charge in [0.25, 0.3) is 5.56 Å². The lowest BCUT2D eigenvalue weighted by Crippen LogP contribution is -2.50. The Morgan fingerprint density at radius 2 is 1.78 bits per heavy atom. The van der Waals surface area contributed by atoms with Gasteiger partial charge in [-0.15, -0.1) is 0 Å². The molecule has 0 radical (unpaired) electrons. The van der Waals surface area contributed by atoms with Gasteiger partial charge in [-0.1, -0.05) is 6.07 Å². The molecule has 0 atom stereocenters. The van der Waals surface area contributed by atoms with Gasteiger partial charge in [-0.2, -0.15) is 0 Å². The summed E-state index contributed by atoms with van der Waals surface area (Å²) in [5, 5.41) is -0.0983. The second kappa shape index (κ2) is 7.10. The summed E-state index contributed by atoms with van der Waals surface area (Å²) in [6.45, 7) is 2.05. The number of benzene rings is 1. The van der Waals surface area contributed by atoms with Crippen LogP contribution in [0.15, 0.2) is 47.8 Å². The Hall–Kier alpha value is -3.36. The maximum Gasteiger partial charge on any atom is 0.264 e. The van der Waals surface area contributed by atoms with Crippen LogP contribution in [0, 0.1) is 5.82 Å². The van der Waals surface area contributed by atoms with Crippen LogP contribution >= 0.6 is 0 Å². The summed E-state index contributed by atoms with van der Waals surface area (Å²) in [7, 11) is 0. The number of nitrogens with zero attached hydrogens (tertiary/aromatic N) is 6. The van der Waals surface area contributed by atoms with Crippen molar-refractivity contribution in [3.05, 3.63) is 59.2 Å². The predicted molar refractivity (Wildman–Crippen MR) is 96.8 cm³/mol. The lowest BCUT2D eigenvalue weighted by molar-refractivity contribution is -0.132. The largest absolute Gasteiger partial charge is 0.338 e. The average Bonchev–Trinajstić information content (AvgIpc) is 2.71. The van der Waals surface area contributed by atoms with Crippen LogP contribution in [-0.4, -0.2) is 56.5 Å². The number of carbonyl (C=O) groups is 1. The zero-order chi connectivity index (χ0) is 18.8. The number of hydrogen-bond donors (Lipinski definition) is 0. The van der Waals surface area contributed by atoms with Crippen molar-refractivity contribution in [2.75, 3.05) is 31.1 Å². The Morgan fingerprint density at radius 3 is 2.52 bits per heavy atom. The molecule has 1 aliphatic rings. The van der Waals surface area contributed by atoms with E-state index in [4.69, 9.17) is 0 Å². The minimum atomic E-state index is -0.636. The highest BCUT2D eigenvalue weighted by atomic mass is 19.1. The zero-order valence-electron chi connectivity index (χ0n) is 14.5. The summed E-state index contributed by atoms with van der Waals surface area (Å²) >= 11 is 0. The van der Waals surface area contributed by atoms with Crippen LogP contribution in [0.1, 0.15) is 0 Å². The van der Waals surface area contributed by atoms with Crippen molar-refractivity contribution in [1.29, 1.82) is 0 Å². The molecule has 0 spiro atoms. The van der Waals surface area contributed by atoms with Crippen LogP contribution in [0.4, 0.5) is 10.3 Å². The van der Waals surface area contributed by atoms with Gasteiger partial charge in [0.1, 0.15) is 17.7 Å². The molecule has 1 fully saturated rings. The van der Waals surface area contributed by atoms with Crippen molar-refractivity contribution < 1.29 is 9.18 Å². The summed E-state index contributed by atoms with van der Waals surface area (Å²) in [5.74, 6) is -0.207. The topological polar surface area (TPSA) is 84.2 Å². The van der Waals surface area contributed by atoms with E-state index >= 15 is 0 Å². The summed E-state index contributed by atoms with van der Waals surface area (Å²) in [6.07, 6.45) is 4.65. The zero-order valence-corrected chi connectivity index (χ0v) is 14.5. The van der Waals surface area contributed by atoms with Crippen LogP contribution in [0.2, 0.25) is 0 Å². The molecular weight excluding hydrogens is 351 g/mol. The Bertz CT molecular complexity index is 1030. The van der Waals surface area contributed by atoms with Crippen molar-refractivity contribution in [1.82, 2.24) is 24.4 Å². The molecule has 2 aromatic heterocycles. The lowest BCUT2D eigenvalue weighted by Gasteiger charge is -2.34. The van der Waals surface area contributed by atoms with E-state index in [0.29, 0.717) is 32.1 Å². The number of piperazine rings is 1. The molecule has 1 aliphatic heterocycles. The average molecular weight is 368 g/mol. The monoisotopic (exact) mass is 368 g/mol. The molecule has 138 valence electrons. The third kappa shape index (κ3) is 3.35.